The molecule has 2 aliphatic heterocycles. The van der Waals surface area contributed by atoms with Crippen LogP contribution in [0.5, 0.6) is 11.5 Å². The first-order valence-electron chi connectivity index (χ1n) is 12.6. The molecule has 0 N–H and O–H groups in total. The third-order valence-electron chi connectivity index (χ3n) is 7.79. The number of ether oxygens (including phenoxy) is 2. The van der Waals surface area contributed by atoms with Crippen molar-refractivity contribution >= 4 is 23.0 Å². The van der Waals surface area contributed by atoms with Crippen LogP contribution >= 0.6 is 0 Å². The number of fused-ring (bicyclic) bond motifs is 1. The summed E-state index contributed by atoms with van der Waals surface area (Å²) in [6, 6.07) is 12.6. The van der Waals surface area contributed by atoms with Gasteiger partial charge in [0, 0.05) is 48.3 Å². The predicted molar refractivity (Wildman–Crippen MR) is 137 cm³/mol. The lowest BCUT2D eigenvalue weighted by Gasteiger charge is -2.43. The predicted octanol–water partition coefficient (Wildman–Crippen LogP) is 4.63. The van der Waals surface area contributed by atoms with Gasteiger partial charge >= 0.3 is 0 Å². The van der Waals surface area contributed by atoms with Gasteiger partial charge in [-0.05, 0) is 56.0 Å². The molecule has 9 heteroatoms. The van der Waals surface area contributed by atoms with E-state index in [9.17, 15) is 14.9 Å². The van der Waals surface area contributed by atoms with Crippen molar-refractivity contribution in [3.63, 3.8) is 0 Å². The van der Waals surface area contributed by atoms with Gasteiger partial charge in [-0.3, -0.25) is 14.9 Å². The number of anilines is 1. The molecule has 2 aromatic rings. The van der Waals surface area contributed by atoms with Crippen LogP contribution in [0.4, 0.5) is 11.4 Å². The quantitative estimate of drug-likeness (QED) is 0.431. The van der Waals surface area contributed by atoms with Crippen LogP contribution in [-0.2, 0) is 4.79 Å². The highest BCUT2D eigenvalue weighted by molar-refractivity contribution is 6.07. The van der Waals surface area contributed by atoms with Crippen LogP contribution in [0.1, 0.15) is 44.1 Å². The first-order valence-corrected chi connectivity index (χ1v) is 12.6. The molecule has 2 atom stereocenters. The number of piperidine rings is 1. The molecule has 1 saturated carbocycles. The summed E-state index contributed by atoms with van der Waals surface area (Å²) in [5.41, 5.74) is 3.00. The van der Waals surface area contributed by atoms with Gasteiger partial charge in [-0.2, -0.15) is 5.10 Å². The molecule has 0 bridgehead atoms. The molecule has 0 spiro atoms. The molecule has 36 heavy (non-hydrogen) atoms. The Morgan fingerprint density at radius 2 is 1.58 bits per heavy atom. The fourth-order valence-corrected chi connectivity index (χ4v) is 5.85. The third-order valence-corrected chi connectivity index (χ3v) is 7.79. The van der Waals surface area contributed by atoms with E-state index in [2.05, 4.69) is 4.90 Å². The Hall–Kier alpha value is -3.62. The van der Waals surface area contributed by atoms with Gasteiger partial charge < -0.3 is 14.4 Å². The lowest BCUT2D eigenvalue weighted by molar-refractivity contribution is -0.384. The largest absolute Gasteiger partial charge is 0.493 e. The van der Waals surface area contributed by atoms with E-state index in [4.69, 9.17) is 14.6 Å². The van der Waals surface area contributed by atoms with Crippen molar-refractivity contribution in [3.8, 4) is 11.5 Å². The van der Waals surface area contributed by atoms with Crippen LogP contribution in [0.25, 0.3) is 0 Å². The molecule has 2 fully saturated rings. The smallest absolute Gasteiger partial charge is 0.269 e. The zero-order valence-corrected chi connectivity index (χ0v) is 20.8. The van der Waals surface area contributed by atoms with Crippen LogP contribution in [0, 0.1) is 22.0 Å². The first kappa shape index (κ1) is 24.1. The van der Waals surface area contributed by atoms with Crippen molar-refractivity contribution < 1.29 is 19.2 Å². The van der Waals surface area contributed by atoms with E-state index in [1.165, 1.54) is 0 Å². The molecule has 3 aliphatic rings. The summed E-state index contributed by atoms with van der Waals surface area (Å²) in [6.07, 6.45) is 5.63. The summed E-state index contributed by atoms with van der Waals surface area (Å²) in [6.45, 7) is 1.53. The van der Waals surface area contributed by atoms with Gasteiger partial charge in [0.1, 0.15) is 0 Å². The number of hydrazone groups is 1. The highest BCUT2D eigenvalue weighted by Gasteiger charge is 2.43. The van der Waals surface area contributed by atoms with Gasteiger partial charge in [-0.15, -0.1) is 0 Å². The van der Waals surface area contributed by atoms with Gasteiger partial charge in [0.15, 0.2) is 11.5 Å². The van der Waals surface area contributed by atoms with Crippen molar-refractivity contribution in [2.45, 2.75) is 44.6 Å². The van der Waals surface area contributed by atoms with Gasteiger partial charge in [-0.25, -0.2) is 5.01 Å². The number of nitro benzene ring substituents is 1. The van der Waals surface area contributed by atoms with Crippen molar-refractivity contribution in [3.05, 3.63) is 58.1 Å². The van der Waals surface area contributed by atoms with Gasteiger partial charge in [-0.1, -0.05) is 12.8 Å². The molecular formula is C27H32N4O5. The van der Waals surface area contributed by atoms with Gasteiger partial charge in [0.05, 0.1) is 30.9 Å². The van der Waals surface area contributed by atoms with E-state index in [1.54, 1.807) is 43.5 Å². The van der Waals surface area contributed by atoms with E-state index in [0.717, 1.165) is 68.6 Å². The van der Waals surface area contributed by atoms with E-state index in [1.807, 2.05) is 18.2 Å². The molecule has 1 amide bonds. The van der Waals surface area contributed by atoms with Gasteiger partial charge in [0.25, 0.3) is 5.69 Å². The minimum atomic E-state index is -0.384. The van der Waals surface area contributed by atoms with Crippen molar-refractivity contribution in [2.75, 3.05) is 32.2 Å². The SMILES string of the molecule is COc1ccc(C2=NN(C3CCN(c4ccc([N+](=O)[O-])cc4)CC3)C(=O)C3CCCCC23)cc1OC. The van der Waals surface area contributed by atoms with Crippen LogP contribution in [0.2, 0.25) is 0 Å². The number of methoxy groups -OCH3 is 2. The lowest BCUT2D eigenvalue weighted by atomic mass is 9.73. The first-order chi connectivity index (χ1) is 17.5. The highest BCUT2D eigenvalue weighted by Crippen LogP contribution is 2.40. The molecule has 2 aromatic carbocycles. The third kappa shape index (κ3) is 4.50. The number of nitrogens with zero attached hydrogens (tertiary/aromatic N) is 4. The van der Waals surface area contributed by atoms with Crippen LogP contribution < -0.4 is 14.4 Å². The van der Waals surface area contributed by atoms with E-state index < -0.39 is 0 Å². The van der Waals surface area contributed by atoms with Crippen molar-refractivity contribution in [2.24, 2.45) is 16.9 Å². The van der Waals surface area contributed by atoms with Crippen molar-refractivity contribution in [1.82, 2.24) is 5.01 Å². The van der Waals surface area contributed by atoms with Crippen LogP contribution in [0.3, 0.4) is 0 Å². The number of benzene rings is 2. The van der Waals surface area contributed by atoms with Crippen LogP contribution in [0.15, 0.2) is 47.6 Å². The average molecular weight is 493 g/mol. The fourth-order valence-electron chi connectivity index (χ4n) is 5.85. The molecule has 2 unspecified atom stereocenters. The van der Waals surface area contributed by atoms with Gasteiger partial charge in [0.2, 0.25) is 5.91 Å². The number of nitro groups is 1. The standard InChI is InChI=1S/C27H32N4O5/c1-35-24-12-7-18(17-25(24)36-2)26-22-5-3-4-6-23(22)27(32)30(28-26)20-13-15-29(16-14-20)19-8-10-21(11-9-19)31(33)34/h7-12,17,20,22-23H,3-6,13-16H2,1-2H3. The van der Waals surface area contributed by atoms with E-state index in [0.29, 0.717) is 11.5 Å². The molecule has 0 radical (unpaired) electrons. The van der Waals surface area contributed by atoms with E-state index >= 15 is 0 Å². The van der Waals surface area contributed by atoms with Crippen LogP contribution in [-0.4, -0.2) is 54.9 Å². The Balaban J connectivity index is 1.38. The summed E-state index contributed by atoms with van der Waals surface area (Å²) < 4.78 is 11.0. The Morgan fingerprint density at radius 3 is 2.22 bits per heavy atom. The van der Waals surface area contributed by atoms with E-state index in [-0.39, 0.29) is 34.4 Å². The van der Waals surface area contributed by atoms with Crippen molar-refractivity contribution in [1.29, 1.82) is 0 Å². The molecule has 5 rings (SSSR count). The summed E-state index contributed by atoms with van der Waals surface area (Å²) in [5, 5.41) is 17.7. The highest BCUT2D eigenvalue weighted by atomic mass is 16.6. The lowest BCUT2D eigenvalue weighted by Crippen LogP contribution is -2.52. The second-order valence-corrected chi connectivity index (χ2v) is 9.73. The summed E-state index contributed by atoms with van der Waals surface area (Å²) >= 11 is 0. The number of hydrogen-bond donors (Lipinski definition) is 0. The summed E-state index contributed by atoms with van der Waals surface area (Å²) in [4.78, 5) is 26.4. The molecule has 1 aliphatic carbocycles. The summed E-state index contributed by atoms with van der Waals surface area (Å²) in [5.74, 6) is 1.57. The molecule has 9 nitrogen and oxygen atoms in total. The normalized spacial score (nSPS) is 22.6. The molecule has 1 saturated heterocycles. The Morgan fingerprint density at radius 1 is 0.917 bits per heavy atom. The maximum atomic E-state index is 13.6. The average Bonchev–Trinajstić information content (AvgIpc) is 2.93. The molecule has 2 heterocycles. The number of carbonyl (C=O) groups is 1. The number of amides is 1. The molecule has 190 valence electrons. The maximum Gasteiger partial charge on any atom is 0.269 e. The zero-order valence-electron chi connectivity index (χ0n) is 20.8. The molecular weight excluding hydrogens is 460 g/mol. The zero-order chi connectivity index (χ0) is 25.2. The Labute approximate surface area is 210 Å². The number of carbonyl (C=O) groups excluding carboxylic acids is 1. The topological polar surface area (TPSA) is 97.5 Å². The number of hydrogen-bond acceptors (Lipinski definition) is 7. The summed E-state index contributed by atoms with van der Waals surface area (Å²) in [7, 11) is 3.25. The molecule has 0 aromatic heterocycles. The Bertz CT molecular complexity index is 1160. The second-order valence-electron chi connectivity index (χ2n) is 9.73. The Kier molecular flexibility index (Phi) is 6.80. The number of rotatable bonds is 6. The number of non-ortho nitro benzene ring substituents is 1. The fraction of sp³-hybridized carbons (Fsp3) is 0.481. The maximum absolute atomic E-state index is 13.6. The minimum Gasteiger partial charge on any atom is -0.493 e. The minimum absolute atomic E-state index is 0.0322. The second kappa shape index (κ2) is 10.2. The monoisotopic (exact) mass is 492 g/mol.